The van der Waals surface area contributed by atoms with Crippen LogP contribution >= 0.6 is 34.7 Å². The summed E-state index contributed by atoms with van der Waals surface area (Å²) in [4.78, 5) is 29.8. The summed E-state index contributed by atoms with van der Waals surface area (Å²) < 4.78 is 15.2. The van der Waals surface area contributed by atoms with Gasteiger partial charge in [0.2, 0.25) is 5.91 Å². The summed E-state index contributed by atoms with van der Waals surface area (Å²) in [5.74, 6) is -0.800. The molecule has 0 aliphatic rings. The van der Waals surface area contributed by atoms with Gasteiger partial charge < -0.3 is 5.32 Å². The molecule has 152 valence electrons. The molecule has 1 N–H and O–H groups in total. The number of aromatic nitrogens is 2. The van der Waals surface area contributed by atoms with Crippen molar-refractivity contribution >= 4 is 56.5 Å². The Labute approximate surface area is 184 Å². The second-order valence-corrected chi connectivity index (χ2v) is 8.64. The summed E-state index contributed by atoms with van der Waals surface area (Å²) in [6.45, 7) is 0. The van der Waals surface area contributed by atoms with Gasteiger partial charge in [-0.2, -0.15) is 0 Å². The third kappa shape index (κ3) is 4.12. The van der Waals surface area contributed by atoms with Gasteiger partial charge in [-0.15, -0.1) is 11.3 Å². The molecule has 0 aliphatic heterocycles. The minimum atomic E-state index is -0.482. The highest BCUT2D eigenvalue weighted by atomic mass is 35.5. The molecule has 0 saturated heterocycles. The van der Waals surface area contributed by atoms with Gasteiger partial charge in [0.1, 0.15) is 10.5 Å². The number of hydrogen-bond donors (Lipinski definition) is 1. The van der Waals surface area contributed by atoms with Crippen molar-refractivity contribution in [3.63, 3.8) is 0 Å². The lowest BCUT2D eigenvalue weighted by Crippen LogP contribution is -2.20. The highest BCUT2D eigenvalue weighted by Gasteiger charge is 2.16. The number of benzene rings is 2. The van der Waals surface area contributed by atoms with Crippen LogP contribution in [0.25, 0.3) is 21.3 Å². The number of halogens is 2. The normalized spacial score (nSPS) is 11.0. The van der Waals surface area contributed by atoms with Crippen LogP contribution in [0.3, 0.4) is 0 Å². The van der Waals surface area contributed by atoms with Gasteiger partial charge in [-0.3, -0.25) is 14.2 Å². The third-order valence-corrected chi connectivity index (χ3v) is 6.68. The second-order valence-electron chi connectivity index (χ2n) is 6.41. The van der Waals surface area contributed by atoms with Crippen molar-refractivity contribution in [2.45, 2.75) is 5.16 Å². The van der Waals surface area contributed by atoms with E-state index in [1.807, 2.05) is 35.7 Å². The number of nitrogens with zero attached hydrogens (tertiary/aromatic N) is 2. The summed E-state index contributed by atoms with van der Waals surface area (Å²) in [7, 11) is 1.63. The average Bonchev–Trinajstić information content (AvgIpc) is 3.16. The quantitative estimate of drug-likeness (QED) is 0.329. The number of fused-ring (bicyclic) bond motifs is 1. The molecule has 0 aliphatic carbocycles. The van der Waals surface area contributed by atoms with Crippen LogP contribution in [0.5, 0.6) is 0 Å². The smallest absolute Gasteiger partial charge is 0.271 e. The van der Waals surface area contributed by atoms with E-state index < -0.39 is 5.82 Å². The summed E-state index contributed by atoms with van der Waals surface area (Å²) in [6.07, 6.45) is 0. The average molecular weight is 460 g/mol. The Morgan fingerprint density at radius 2 is 2.03 bits per heavy atom. The van der Waals surface area contributed by atoms with E-state index in [1.165, 1.54) is 28.0 Å². The Morgan fingerprint density at radius 3 is 2.77 bits per heavy atom. The molecule has 5 nitrogen and oxygen atoms in total. The van der Waals surface area contributed by atoms with Crippen LogP contribution in [0.1, 0.15) is 0 Å². The topological polar surface area (TPSA) is 64.0 Å². The molecule has 2 aromatic heterocycles. The Hall–Kier alpha value is -2.68. The van der Waals surface area contributed by atoms with E-state index in [1.54, 1.807) is 7.05 Å². The van der Waals surface area contributed by atoms with Crippen LogP contribution in [0, 0.1) is 5.82 Å². The number of nitrogens with one attached hydrogen (secondary N) is 1. The van der Waals surface area contributed by atoms with Gasteiger partial charge in [-0.25, -0.2) is 9.37 Å². The van der Waals surface area contributed by atoms with Crippen LogP contribution in [0.2, 0.25) is 5.02 Å². The third-order valence-electron chi connectivity index (χ3n) is 4.38. The van der Waals surface area contributed by atoms with Crippen molar-refractivity contribution in [1.29, 1.82) is 0 Å². The number of rotatable bonds is 5. The first-order valence-corrected chi connectivity index (χ1v) is 11.1. The minimum absolute atomic E-state index is 0.0182. The number of carbonyl (C=O) groups excluding carboxylic acids is 1. The van der Waals surface area contributed by atoms with Gasteiger partial charge in [0.05, 0.1) is 22.0 Å². The lowest BCUT2D eigenvalue weighted by atomic mass is 10.1. The minimum Gasteiger partial charge on any atom is -0.324 e. The molecule has 4 aromatic rings. The van der Waals surface area contributed by atoms with E-state index >= 15 is 0 Å². The molecule has 2 aromatic carbocycles. The number of amides is 1. The molecule has 2 heterocycles. The molecule has 0 radical (unpaired) electrons. The maximum absolute atomic E-state index is 13.2. The maximum atomic E-state index is 13.2. The van der Waals surface area contributed by atoms with Crippen molar-refractivity contribution in [2.75, 3.05) is 11.1 Å². The van der Waals surface area contributed by atoms with Gasteiger partial charge in [0, 0.05) is 18.0 Å². The first kappa shape index (κ1) is 20.6. The number of thioether (sulfide) groups is 1. The molecule has 9 heteroatoms. The highest BCUT2D eigenvalue weighted by molar-refractivity contribution is 7.99. The van der Waals surface area contributed by atoms with Gasteiger partial charge in [-0.1, -0.05) is 53.7 Å². The molecular weight excluding hydrogens is 445 g/mol. The first-order valence-electron chi connectivity index (χ1n) is 8.85. The molecular formula is C21H15ClFN3O2S2. The van der Waals surface area contributed by atoms with Gasteiger partial charge >= 0.3 is 0 Å². The largest absolute Gasteiger partial charge is 0.324 e. The molecule has 4 rings (SSSR count). The molecule has 30 heavy (non-hydrogen) atoms. The fourth-order valence-electron chi connectivity index (χ4n) is 2.88. The molecule has 0 saturated carbocycles. The summed E-state index contributed by atoms with van der Waals surface area (Å²) in [5, 5.41) is 5.11. The van der Waals surface area contributed by atoms with Crippen LogP contribution in [0.15, 0.2) is 63.9 Å². The monoisotopic (exact) mass is 459 g/mol. The van der Waals surface area contributed by atoms with Gasteiger partial charge in [-0.05, 0) is 23.8 Å². The summed E-state index contributed by atoms with van der Waals surface area (Å²) >= 11 is 8.45. The molecule has 0 fully saturated rings. The number of hydrogen-bond acceptors (Lipinski definition) is 5. The van der Waals surface area contributed by atoms with Crippen molar-refractivity contribution in [3.8, 4) is 11.1 Å². The molecule has 0 atom stereocenters. The zero-order valence-corrected chi connectivity index (χ0v) is 18.1. The van der Waals surface area contributed by atoms with E-state index in [9.17, 15) is 14.0 Å². The Bertz CT molecular complexity index is 1310. The maximum Gasteiger partial charge on any atom is 0.271 e. The lowest BCUT2D eigenvalue weighted by Gasteiger charge is -2.09. The standard InChI is InChI=1S/C21H15ClFN3O2S2/c1-26-20(28)19-18(14(10-29-19)12-5-3-2-4-6-12)25-21(26)30-11-17(27)24-16-8-7-13(23)9-15(16)22/h2-10H,11H2,1H3,(H,24,27). The number of thiophene rings is 1. The zero-order chi connectivity index (χ0) is 21.3. The van der Waals surface area contributed by atoms with Gasteiger partial charge in [0.25, 0.3) is 5.56 Å². The highest BCUT2D eigenvalue weighted by Crippen LogP contribution is 2.32. The Balaban J connectivity index is 1.59. The molecule has 1 amide bonds. The number of anilines is 1. The molecule has 0 bridgehead atoms. The fraction of sp³-hybridized carbons (Fsp3) is 0.0952. The lowest BCUT2D eigenvalue weighted by molar-refractivity contribution is -0.113. The predicted octanol–water partition coefficient (Wildman–Crippen LogP) is 5.19. The Morgan fingerprint density at radius 1 is 1.27 bits per heavy atom. The summed E-state index contributed by atoms with van der Waals surface area (Å²) in [5.41, 5.74) is 2.66. The fourth-order valence-corrected chi connectivity index (χ4v) is 4.85. The van der Waals surface area contributed by atoms with Crippen molar-refractivity contribution in [1.82, 2.24) is 9.55 Å². The van der Waals surface area contributed by atoms with Gasteiger partial charge in [0.15, 0.2) is 5.16 Å². The van der Waals surface area contributed by atoms with Crippen LogP contribution in [-0.2, 0) is 11.8 Å². The number of carbonyl (C=O) groups is 1. The van der Waals surface area contributed by atoms with Crippen molar-refractivity contribution < 1.29 is 9.18 Å². The molecule has 0 spiro atoms. The second kappa shape index (κ2) is 8.59. The zero-order valence-electron chi connectivity index (χ0n) is 15.7. The van der Waals surface area contributed by atoms with E-state index in [0.29, 0.717) is 21.1 Å². The molecule has 0 unspecified atom stereocenters. The SMILES string of the molecule is Cn1c(SCC(=O)Nc2ccc(F)cc2Cl)nc2c(-c3ccccc3)csc2c1=O. The van der Waals surface area contributed by atoms with Crippen LogP contribution in [0.4, 0.5) is 10.1 Å². The Kier molecular flexibility index (Phi) is 5.90. The van der Waals surface area contributed by atoms with E-state index in [-0.39, 0.29) is 22.2 Å². The van der Waals surface area contributed by atoms with E-state index in [0.717, 1.165) is 29.0 Å². The van der Waals surface area contributed by atoms with Crippen molar-refractivity contribution in [3.05, 3.63) is 75.1 Å². The first-order chi connectivity index (χ1) is 14.4. The van der Waals surface area contributed by atoms with Crippen LogP contribution in [-0.4, -0.2) is 21.2 Å². The van der Waals surface area contributed by atoms with Crippen molar-refractivity contribution in [2.24, 2.45) is 7.05 Å². The van der Waals surface area contributed by atoms with E-state index in [2.05, 4.69) is 10.3 Å². The predicted molar refractivity (Wildman–Crippen MR) is 121 cm³/mol. The van der Waals surface area contributed by atoms with E-state index in [4.69, 9.17) is 11.6 Å². The summed E-state index contributed by atoms with van der Waals surface area (Å²) in [6, 6.07) is 13.5. The van der Waals surface area contributed by atoms with Crippen LogP contribution < -0.4 is 10.9 Å².